The molecule has 0 aromatic heterocycles. The fourth-order valence-corrected chi connectivity index (χ4v) is 2.53. The number of hydrazine groups is 1. The van der Waals surface area contributed by atoms with E-state index in [0.29, 0.717) is 5.92 Å². The topological polar surface area (TPSA) is 24.1 Å². The van der Waals surface area contributed by atoms with E-state index in [9.17, 15) is 0 Å². The quantitative estimate of drug-likeness (QED) is 0.748. The minimum atomic E-state index is 0.161. The molecule has 112 valence electrons. The Morgan fingerprint density at radius 1 is 0.952 bits per heavy atom. The van der Waals surface area contributed by atoms with Gasteiger partial charge in [-0.3, -0.25) is 10.9 Å². The summed E-state index contributed by atoms with van der Waals surface area (Å²) in [6.07, 6.45) is 0. The van der Waals surface area contributed by atoms with Crippen molar-refractivity contribution in [3.63, 3.8) is 0 Å². The van der Waals surface area contributed by atoms with Gasteiger partial charge in [0.15, 0.2) is 0 Å². The highest BCUT2D eigenvalue weighted by Gasteiger charge is 2.07. The third-order valence-corrected chi connectivity index (χ3v) is 3.97. The van der Waals surface area contributed by atoms with Crippen molar-refractivity contribution >= 4 is 11.6 Å². The van der Waals surface area contributed by atoms with E-state index in [4.69, 9.17) is 11.6 Å². The van der Waals surface area contributed by atoms with E-state index in [2.05, 4.69) is 55.9 Å². The van der Waals surface area contributed by atoms with Gasteiger partial charge in [0.2, 0.25) is 0 Å². The van der Waals surface area contributed by atoms with Gasteiger partial charge in [0.25, 0.3) is 0 Å². The summed E-state index contributed by atoms with van der Waals surface area (Å²) in [4.78, 5) is 0. The summed E-state index contributed by atoms with van der Waals surface area (Å²) in [6.45, 7) is 7.30. The lowest BCUT2D eigenvalue weighted by Crippen LogP contribution is -2.33. The third-order valence-electron chi connectivity index (χ3n) is 3.63. The largest absolute Gasteiger partial charge is 0.253 e. The Bertz CT molecular complexity index is 564. The highest BCUT2D eigenvalue weighted by Crippen LogP contribution is 2.21. The molecule has 2 rings (SSSR count). The summed E-state index contributed by atoms with van der Waals surface area (Å²) in [6, 6.07) is 16.8. The molecule has 1 unspecified atom stereocenters. The summed E-state index contributed by atoms with van der Waals surface area (Å²) >= 11 is 6.19. The summed E-state index contributed by atoms with van der Waals surface area (Å²) in [5.74, 6) is 0.574. The number of hydrogen-bond donors (Lipinski definition) is 2. The lowest BCUT2D eigenvalue weighted by molar-refractivity contribution is 0.460. The van der Waals surface area contributed by atoms with Gasteiger partial charge in [-0.25, -0.2) is 0 Å². The van der Waals surface area contributed by atoms with Gasteiger partial charge in [0, 0.05) is 17.6 Å². The fraction of sp³-hybridized carbons (Fsp3) is 0.333. The molecular formula is C18H23ClN2. The Morgan fingerprint density at radius 3 is 2.24 bits per heavy atom. The van der Waals surface area contributed by atoms with Crippen LogP contribution in [0.5, 0.6) is 0 Å². The number of benzene rings is 2. The molecule has 0 saturated heterocycles. The monoisotopic (exact) mass is 302 g/mol. The van der Waals surface area contributed by atoms with E-state index in [0.717, 1.165) is 17.1 Å². The van der Waals surface area contributed by atoms with E-state index >= 15 is 0 Å². The SMILES string of the molecule is CC(C)c1ccc(CNNC(C)c2ccccc2Cl)cc1. The van der Waals surface area contributed by atoms with Crippen molar-refractivity contribution in [2.45, 2.75) is 39.3 Å². The second kappa shape index (κ2) is 7.60. The van der Waals surface area contributed by atoms with Crippen LogP contribution in [0.3, 0.4) is 0 Å². The molecule has 0 fully saturated rings. The molecule has 0 radical (unpaired) electrons. The molecule has 0 bridgehead atoms. The number of nitrogens with one attached hydrogen (secondary N) is 2. The van der Waals surface area contributed by atoms with E-state index < -0.39 is 0 Å². The summed E-state index contributed by atoms with van der Waals surface area (Å²) in [7, 11) is 0. The predicted octanol–water partition coefficient (Wildman–Crippen LogP) is 4.82. The van der Waals surface area contributed by atoms with Gasteiger partial charge >= 0.3 is 0 Å². The zero-order chi connectivity index (χ0) is 15.2. The maximum atomic E-state index is 6.19. The lowest BCUT2D eigenvalue weighted by Gasteiger charge is -2.16. The molecule has 0 aliphatic heterocycles. The fourth-order valence-electron chi connectivity index (χ4n) is 2.23. The standard InChI is InChI=1S/C18H23ClN2/c1-13(2)16-10-8-15(9-11-16)12-20-21-14(3)17-6-4-5-7-18(17)19/h4-11,13-14,20-21H,12H2,1-3H3. The molecule has 1 atom stereocenters. The van der Waals surface area contributed by atoms with Crippen LogP contribution in [0.15, 0.2) is 48.5 Å². The number of halogens is 1. The molecule has 0 aliphatic rings. The molecule has 3 heteroatoms. The summed E-state index contributed by atoms with van der Waals surface area (Å²) in [5, 5.41) is 0.792. The predicted molar refractivity (Wildman–Crippen MR) is 90.4 cm³/mol. The lowest BCUT2D eigenvalue weighted by atomic mass is 10.0. The van der Waals surface area contributed by atoms with Crippen molar-refractivity contribution in [1.29, 1.82) is 0 Å². The second-order valence-electron chi connectivity index (χ2n) is 5.64. The van der Waals surface area contributed by atoms with Crippen LogP contribution < -0.4 is 10.9 Å². The minimum absolute atomic E-state index is 0.161. The van der Waals surface area contributed by atoms with Crippen molar-refractivity contribution in [3.8, 4) is 0 Å². The summed E-state index contributed by atoms with van der Waals surface area (Å²) < 4.78 is 0. The molecule has 0 amide bonds. The van der Waals surface area contributed by atoms with Gasteiger partial charge in [-0.05, 0) is 35.6 Å². The van der Waals surface area contributed by atoms with E-state index in [1.165, 1.54) is 11.1 Å². The second-order valence-corrected chi connectivity index (χ2v) is 6.04. The average Bonchev–Trinajstić information content (AvgIpc) is 2.48. The van der Waals surface area contributed by atoms with Crippen molar-refractivity contribution in [3.05, 3.63) is 70.2 Å². The van der Waals surface area contributed by atoms with Crippen LogP contribution in [-0.4, -0.2) is 0 Å². The Balaban J connectivity index is 1.85. The van der Waals surface area contributed by atoms with E-state index in [-0.39, 0.29) is 6.04 Å². The van der Waals surface area contributed by atoms with E-state index in [1.54, 1.807) is 0 Å². The van der Waals surface area contributed by atoms with Crippen molar-refractivity contribution in [2.24, 2.45) is 0 Å². The molecule has 0 heterocycles. The van der Waals surface area contributed by atoms with Crippen LogP contribution in [0.2, 0.25) is 5.02 Å². The van der Waals surface area contributed by atoms with Crippen LogP contribution in [-0.2, 0) is 6.54 Å². The van der Waals surface area contributed by atoms with Crippen LogP contribution in [0, 0.1) is 0 Å². The highest BCUT2D eigenvalue weighted by molar-refractivity contribution is 6.31. The van der Waals surface area contributed by atoms with Gasteiger partial charge in [0.1, 0.15) is 0 Å². The van der Waals surface area contributed by atoms with Gasteiger partial charge in [-0.15, -0.1) is 0 Å². The first-order valence-corrected chi connectivity index (χ1v) is 7.77. The molecule has 0 saturated carbocycles. The first-order valence-electron chi connectivity index (χ1n) is 7.39. The Kier molecular flexibility index (Phi) is 5.80. The molecule has 2 aromatic carbocycles. The molecule has 0 spiro atoms. The molecule has 2 aromatic rings. The van der Waals surface area contributed by atoms with Gasteiger partial charge in [-0.1, -0.05) is 67.9 Å². The maximum Gasteiger partial charge on any atom is 0.0454 e. The molecule has 21 heavy (non-hydrogen) atoms. The number of hydrogen-bond acceptors (Lipinski definition) is 2. The first kappa shape index (κ1) is 16.0. The maximum absolute atomic E-state index is 6.19. The van der Waals surface area contributed by atoms with Gasteiger partial charge in [0.05, 0.1) is 0 Å². The third kappa shape index (κ3) is 4.57. The molecular weight excluding hydrogens is 280 g/mol. The van der Waals surface area contributed by atoms with Crippen LogP contribution >= 0.6 is 11.6 Å². The zero-order valence-electron chi connectivity index (χ0n) is 12.9. The first-order chi connectivity index (χ1) is 10.1. The summed E-state index contributed by atoms with van der Waals surface area (Å²) in [5.41, 5.74) is 10.3. The Hall–Kier alpha value is -1.35. The molecule has 0 aliphatic carbocycles. The minimum Gasteiger partial charge on any atom is -0.253 e. The van der Waals surface area contributed by atoms with Crippen LogP contribution in [0.25, 0.3) is 0 Å². The van der Waals surface area contributed by atoms with Gasteiger partial charge in [-0.2, -0.15) is 0 Å². The average molecular weight is 303 g/mol. The smallest absolute Gasteiger partial charge is 0.0454 e. The number of rotatable bonds is 6. The van der Waals surface area contributed by atoms with Gasteiger partial charge < -0.3 is 0 Å². The zero-order valence-corrected chi connectivity index (χ0v) is 13.6. The van der Waals surface area contributed by atoms with Crippen LogP contribution in [0.1, 0.15) is 49.4 Å². The van der Waals surface area contributed by atoms with Crippen molar-refractivity contribution in [2.75, 3.05) is 0 Å². The Labute approximate surface area is 132 Å². The highest BCUT2D eigenvalue weighted by atomic mass is 35.5. The van der Waals surface area contributed by atoms with Crippen LogP contribution in [0.4, 0.5) is 0 Å². The molecule has 2 N–H and O–H groups in total. The van der Waals surface area contributed by atoms with E-state index in [1.807, 2.05) is 24.3 Å². The normalized spacial score (nSPS) is 12.6. The van der Waals surface area contributed by atoms with Crippen molar-refractivity contribution in [1.82, 2.24) is 10.9 Å². The molecule has 2 nitrogen and oxygen atoms in total. The Morgan fingerprint density at radius 2 is 1.62 bits per heavy atom. The van der Waals surface area contributed by atoms with Crippen molar-refractivity contribution < 1.29 is 0 Å².